The Morgan fingerprint density at radius 2 is 2.35 bits per heavy atom. The summed E-state index contributed by atoms with van der Waals surface area (Å²) in [5.74, 6) is 0.407. The Morgan fingerprint density at radius 3 is 2.94 bits per heavy atom. The summed E-state index contributed by atoms with van der Waals surface area (Å²) in [5.41, 5.74) is 0.521. The molecule has 0 aliphatic heterocycles. The monoisotopic (exact) mass is 256 g/mol. The minimum Gasteiger partial charge on any atom is -0.494 e. The average molecular weight is 257 g/mol. The number of carbonyl (C=O) groups is 1. The van der Waals surface area contributed by atoms with Crippen molar-refractivity contribution in [3.8, 4) is 5.75 Å². The summed E-state index contributed by atoms with van der Waals surface area (Å²) < 4.78 is 5.11. The van der Waals surface area contributed by atoms with E-state index in [-0.39, 0.29) is 11.3 Å². The number of ether oxygens (including phenoxy) is 1. The van der Waals surface area contributed by atoms with Gasteiger partial charge >= 0.3 is 0 Å². The molecule has 94 valence electrons. The molecule has 17 heavy (non-hydrogen) atoms. The molecule has 0 saturated heterocycles. The third-order valence-electron chi connectivity index (χ3n) is 2.44. The minimum absolute atomic E-state index is 0.0598. The van der Waals surface area contributed by atoms with Gasteiger partial charge in [-0.05, 0) is 19.4 Å². The first-order valence-electron chi connectivity index (χ1n) is 5.43. The van der Waals surface area contributed by atoms with Gasteiger partial charge in [0.1, 0.15) is 5.75 Å². The number of carbonyl (C=O) groups excluding carboxylic acids is 1. The molecule has 0 N–H and O–H groups in total. The predicted octanol–water partition coefficient (Wildman–Crippen LogP) is 2.18. The smallest absolute Gasteiger partial charge is 0.257 e. The van der Waals surface area contributed by atoms with Gasteiger partial charge in [-0.1, -0.05) is 0 Å². The molecule has 1 unspecified atom stereocenters. The van der Waals surface area contributed by atoms with E-state index in [0.29, 0.717) is 17.9 Å². The molecule has 0 spiro atoms. The zero-order valence-electron chi connectivity index (χ0n) is 10.3. The molecule has 0 saturated carbocycles. The van der Waals surface area contributed by atoms with Crippen molar-refractivity contribution in [2.24, 2.45) is 0 Å². The Labute approximate surface area is 107 Å². The van der Waals surface area contributed by atoms with Crippen LogP contribution in [0, 0.1) is 0 Å². The number of nitrogens with zero attached hydrogens (tertiary/aromatic N) is 2. The summed E-state index contributed by atoms with van der Waals surface area (Å²) in [5, 5.41) is 0.0598. The van der Waals surface area contributed by atoms with E-state index in [2.05, 4.69) is 4.98 Å². The highest BCUT2D eigenvalue weighted by molar-refractivity contribution is 6.20. The maximum Gasteiger partial charge on any atom is 0.257 e. The normalized spacial score (nSPS) is 12.0. The summed E-state index contributed by atoms with van der Waals surface area (Å²) in [6.45, 7) is 2.53. The van der Waals surface area contributed by atoms with Crippen molar-refractivity contribution in [2.75, 3.05) is 20.7 Å². The molecule has 1 amide bonds. The lowest BCUT2D eigenvalue weighted by atomic mass is 10.2. The van der Waals surface area contributed by atoms with Gasteiger partial charge in [0.2, 0.25) is 0 Å². The van der Waals surface area contributed by atoms with Crippen molar-refractivity contribution in [1.82, 2.24) is 9.88 Å². The number of hydrogen-bond acceptors (Lipinski definition) is 3. The summed E-state index contributed by atoms with van der Waals surface area (Å²) in [7, 11) is 3.27. The lowest BCUT2D eigenvalue weighted by molar-refractivity contribution is 0.0790. The molecule has 1 atom stereocenters. The largest absolute Gasteiger partial charge is 0.494 e. The van der Waals surface area contributed by atoms with Crippen molar-refractivity contribution < 1.29 is 9.53 Å². The first kappa shape index (κ1) is 13.8. The first-order chi connectivity index (χ1) is 8.06. The number of methoxy groups -OCH3 is 1. The van der Waals surface area contributed by atoms with Gasteiger partial charge in [0, 0.05) is 25.2 Å². The van der Waals surface area contributed by atoms with E-state index in [9.17, 15) is 4.79 Å². The topological polar surface area (TPSA) is 42.4 Å². The Bertz CT molecular complexity index is 383. The van der Waals surface area contributed by atoms with E-state index >= 15 is 0 Å². The van der Waals surface area contributed by atoms with Crippen LogP contribution in [0.5, 0.6) is 5.75 Å². The van der Waals surface area contributed by atoms with Crippen LogP contribution in [0.4, 0.5) is 0 Å². The minimum atomic E-state index is -0.0819. The van der Waals surface area contributed by atoms with Crippen LogP contribution in [-0.4, -0.2) is 41.9 Å². The first-order valence-corrected chi connectivity index (χ1v) is 5.87. The van der Waals surface area contributed by atoms with Gasteiger partial charge in [-0.3, -0.25) is 9.78 Å². The van der Waals surface area contributed by atoms with Gasteiger partial charge in [-0.25, -0.2) is 0 Å². The second kappa shape index (κ2) is 6.45. The third-order valence-corrected chi connectivity index (χ3v) is 2.66. The van der Waals surface area contributed by atoms with Crippen LogP contribution in [0.25, 0.3) is 0 Å². The van der Waals surface area contributed by atoms with Gasteiger partial charge in [-0.2, -0.15) is 0 Å². The van der Waals surface area contributed by atoms with Crippen molar-refractivity contribution in [1.29, 1.82) is 0 Å². The number of amides is 1. The quantitative estimate of drug-likeness (QED) is 0.759. The van der Waals surface area contributed by atoms with Crippen molar-refractivity contribution in [2.45, 2.75) is 18.7 Å². The SMILES string of the molecule is COc1cnccc1C(=O)N(C)CCC(C)Cl. The van der Waals surface area contributed by atoms with E-state index in [4.69, 9.17) is 16.3 Å². The molecule has 0 radical (unpaired) electrons. The van der Waals surface area contributed by atoms with Gasteiger partial charge in [0.05, 0.1) is 18.9 Å². The second-order valence-electron chi connectivity index (χ2n) is 3.87. The molecule has 1 aromatic heterocycles. The maximum absolute atomic E-state index is 12.1. The molecule has 0 fully saturated rings. The summed E-state index contributed by atoms with van der Waals surface area (Å²) in [6, 6.07) is 1.65. The summed E-state index contributed by atoms with van der Waals surface area (Å²) >= 11 is 5.86. The number of hydrogen-bond donors (Lipinski definition) is 0. The summed E-state index contributed by atoms with van der Waals surface area (Å²) in [4.78, 5) is 17.7. The Kier molecular flexibility index (Phi) is 5.22. The number of alkyl halides is 1. The molecule has 4 nitrogen and oxygen atoms in total. The fourth-order valence-corrected chi connectivity index (χ4v) is 1.50. The molecular weight excluding hydrogens is 240 g/mol. The van der Waals surface area contributed by atoms with Crippen LogP contribution in [-0.2, 0) is 0 Å². The molecular formula is C12H17ClN2O2. The average Bonchev–Trinajstić information content (AvgIpc) is 2.34. The Hall–Kier alpha value is -1.29. The molecule has 1 aromatic rings. The highest BCUT2D eigenvalue weighted by atomic mass is 35.5. The van der Waals surface area contributed by atoms with Gasteiger partial charge < -0.3 is 9.64 Å². The zero-order valence-corrected chi connectivity index (χ0v) is 11.1. The Morgan fingerprint density at radius 1 is 1.65 bits per heavy atom. The fraction of sp³-hybridized carbons (Fsp3) is 0.500. The lowest BCUT2D eigenvalue weighted by Gasteiger charge is -2.18. The molecule has 1 heterocycles. The van der Waals surface area contributed by atoms with Crippen molar-refractivity contribution >= 4 is 17.5 Å². The van der Waals surface area contributed by atoms with Crippen LogP contribution < -0.4 is 4.74 Å². The zero-order chi connectivity index (χ0) is 12.8. The number of rotatable bonds is 5. The molecule has 0 aromatic carbocycles. The van der Waals surface area contributed by atoms with Crippen molar-refractivity contribution in [3.63, 3.8) is 0 Å². The van der Waals surface area contributed by atoms with E-state index in [0.717, 1.165) is 6.42 Å². The van der Waals surface area contributed by atoms with Crippen molar-refractivity contribution in [3.05, 3.63) is 24.0 Å². The number of pyridine rings is 1. The predicted molar refractivity (Wildman–Crippen MR) is 67.7 cm³/mol. The van der Waals surface area contributed by atoms with E-state index < -0.39 is 0 Å². The van der Waals surface area contributed by atoms with Gasteiger partial charge in [-0.15, -0.1) is 11.6 Å². The summed E-state index contributed by atoms with van der Waals surface area (Å²) in [6.07, 6.45) is 3.87. The lowest BCUT2D eigenvalue weighted by Crippen LogP contribution is -2.29. The van der Waals surface area contributed by atoms with Gasteiger partial charge in [0.15, 0.2) is 0 Å². The highest BCUT2D eigenvalue weighted by Gasteiger charge is 2.16. The van der Waals surface area contributed by atoms with Crippen LogP contribution in [0.2, 0.25) is 0 Å². The molecule has 0 aliphatic rings. The van der Waals surface area contributed by atoms with Gasteiger partial charge in [0.25, 0.3) is 5.91 Å². The standard InChI is InChI=1S/C12H17ClN2O2/c1-9(13)5-7-15(2)12(16)10-4-6-14-8-11(10)17-3/h4,6,8-9H,5,7H2,1-3H3. The van der Waals surface area contributed by atoms with Crippen LogP contribution in [0.3, 0.4) is 0 Å². The highest BCUT2D eigenvalue weighted by Crippen LogP contribution is 2.17. The van der Waals surface area contributed by atoms with E-state index in [1.807, 2.05) is 6.92 Å². The molecule has 0 bridgehead atoms. The van der Waals surface area contributed by atoms with Crippen LogP contribution in [0.1, 0.15) is 23.7 Å². The van der Waals surface area contributed by atoms with E-state index in [1.54, 1.807) is 24.2 Å². The second-order valence-corrected chi connectivity index (χ2v) is 4.62. The Balaban J connectivity index is 2.74. The number of halogens is 1. The molecule has 1 rings (SSSR count). The fourth-order valence-electron chi connectivity index (χ4n) is 1.40. The maximum atomic E-state index is 12.1. The van der Waals surface area contributed by atoms with E-state index in [1.165, 1.54) is 13.3 Å². The number of aromatic nitrogens is 1. The molecule has 5 heteroatoms. The van der Waals surface area contributed by atoms with Crippen LogP contribution >= 0.6 is 11.6 Å². The third kappa shape index (κ3) is 3.89. The molecule has 0 aliphatic carbocycles. The van der Waals surface area contributed by atoms with Crippen LogP contribution in [0.15, 0.2) is 18.5 Å².